The summed E-state index contributed by atoms with van der Waals surface area (Å²) in [6, 6.07) is 10.6. The van der Waals surface area contributed by atoms with Gasteiger partial charge in [0.1, 0.15) is 0 Å². The van der Waals surface area contributed by atoms with Crippen LogP contribution in [0.4, 0.5) is 4.79 Å². The normalized spacial score (nSPS) is 34.1. The van der Waals surface area contributed by atoms with Crippen LogP contribution in [0.5, 0.6) is 0 Å². The fourth-order valence-corrected chi connectivity index (χ4v) is 5.19. The number of piperidine rings is 2. The van der Waals surface area contributed by atoms with Gasteiger partial charge < -0.3 is 25.8 Å². The third-order valence-corrected chi connectivity index (χ3v) is 6.46. The van der Waals surface area contributed by atoms with Crippen molar-refractivity contribution in [3.63, 3.8) is 0 Å². The lowest BCUT2D eigenvalue weighted by molar-refractivity contribution is -0.118. The molecule has 4 heterocycles. The SMILES string of the molecule is CN(CCC(N)=O)C(=O)N[C@@H]1C2CN3CCN(C2)CC1(c1ccccc1)C3. The summed E-state index contributed by atoms with van der Waals surface area (Å²) in [6.07, 6.45) is 0.184. The number of benzene rings is 1. The molecule has 1 aromatic rings. The molecule has 4 bridgehead atoms. The first-order chi connectivity index (χ1) is 13.0. The molecule has 27 heavy (non-hydrogen) atoms. The molecule has 0 spiro atoms. The van der Waals surface area contributed by atoms with Crippen LogP contribution in [0.1, 0.15) is 12.0 Å². The second-order valence-electron chi connectivity index (χ2n) is 8.32. The maximum absolute atomic E-state index is 12.8. The Morgan fingerprint density at radius 2 is 1.81 bits per heavy atom. The van der Waals surface area contributed by atoms with Crippen molar-refractivity contribution in [3.8, 4) is 0 Å². The van der Waals surface area contributed by atoms with Crippen LogP contribution in [0, 0.1) is 5.92 Å². The van der Waals surface area contributed by atoms with Crippen LogP contribution in [-0.4, -0.2) is 85.5 Å². The molecule has 0 aromatic heterocycles. The fourth-order valence-electron chi connectivity index (χ4n) is 5.19. The van der Waals surface area contributed by atoms with Crippen LogP contribution in [0.2, 0.25) is 0 Å². The van der Waals surface area contributed by atoms with Crippen LogP contribution in [-0.2, 0) is 10.2 Å². The molecule has 1 aromatic carbocycles. The smallest absolute Gasteiger partial charge is 0.317 e. The highest BCUT2D eigenvalue weighted by Gasteiger charge is 2.55. The number of nitrogens with zero attached hydrogens (tertiary/aromatic N) is 3. The second kappa shape index (κ2) is 7.13. The van der Waals surface area contributed by atoms with Gasteiger partial charge in [-0.1, -0.05) is 30.3 Å². The average molecular weight is 371 g/mol. The van der Waals surface area contributed by atoms with E-state index < -0.39 is 0 Å². The molecule has 3 atom stereocenters. The summed E-state index contributed by atoms with van der Waals surface area (Å²) in [5.41, 5.74) is 6.43. The molecular weight excluding hydrogens is 342 g/mol. The van der Waals surface area contributed by atoms with Crippen molar-refractivity contribution in [1.82, 2.24) is 20.0 Å². The molecule has 0 saturated carbocycles. The Bertz CT molecular complexity index is 694. The molecule has 4 fully saturated rings. The summed E-state index contributed by atoms with van der Waals surface area (Å²) in [5, 5.41) is 3.33. The Balaban J connectivity index is 1.60. The van der Waals surface area contributed by atoms with Crippen molar-refractivity contribution in [1.29, 1.82) is 0 Å². The van der Waals surface area contributed by atoms with Gasteiger partial charge in [0.2, 0.25) is 5.91 Å². The van der Waals surface area contributed by atoms with E-state index in [1.807, 2.05) is 6.07 Å². The van der Waals surface area contributed by atoms with Gasteiger partial charge in [-0.3, -0.25) is 4.79 Å². The van der Waals surface area contributed by atoms with Crippen molar-refractivity contribution in [2.75, 3.05) is 52.9 Å². The summed E-state index contributed by atoms with van der Waals surface area (Å²) in [4.78, 5) is 30.6. The van der Waals surface area contributed by atoms with Crippen LogP contribution < -0.4 is 11.1 Å². The van der Waals surface area contributed by atoms with Crippen LogP contribution in [0.25, 0.3) is 0 Å². The van der Waals surface area contributed by atoms with E-state index in [4.69, 9.17) is 5.73 Å². The van der Waals surface area contributed by atoms with Gasteiger partial charge >= 0.3 is 6.03 Å². The first kappa shape index (κ1) is 18.3. The van der Waals surface area contributed by atoms with Gasteiger partial charge in [-0.25, -0.2) is 4.79 Å². The van der Waals surface area contributed by atoms with Gasteiger partial charge in [0, 0.05) is 76.7 Å². The maximum atomic E-state index is 12.8. The number of primary amides is 1. The standard InChI is InChI=1S/C20H29N5O2/c1-23(8-7-17(21)26)19(27)22-18-15-11-24-9-10-25(12-15)14-20(18,13-24)16-5-3-2-4-6-16/h2-6,15,18H,7-14H2,1H3,(H2,21,26)(H,22,27)/t15?,18-,20?/m1/s1. The van der Waals surface area contributed by atoms with Crippen molar-refractivity contribution < 1.29 is 9.59 Å². The molecule has 4 aliphatic rings. The van der Waals surface area contributed by atoms with Crippen LogP contribution >= 0.6 is 0 Å². The van der Waals surface area contributed by atoms with E-state index in [2.05, 4.69) is 39.4 Å². The highest BCUT2D eigenvalue weighted by atomic mass is 16.2. The number of rotatable bonds is 5. The molecule has 7 heteroatoms. The number of hydrogen-bond donors (Lipinski definition) is 2. The van der Waals surface area contributed by atoms with Crippen molar-refractivity contribution in [2.45, 2.75) is 17.9 Å². The van der Waals surface area contributed by atoms with Gasteiger partial charge in [0.15, 0.2) is 0 Å². The molecule has 7 nitrogen and oxygen atoms in total. The molecule has 4 saturated heterocycles. The predicted molar refractivity (Wildman–Crippen MR) is 103 cm³/mol. The summed E-state index contributed by atoms with van der Waals surface area (Å²) < 4.78 is 0. The second-order valence-corrected chi connectivity index (χ2v) is 8.32. The van der Waals surface area contributed by atoms with E-state index in [0.29, 0.717) is 12.5 Å². The molecule has 3 N–H and O–H groups in total. The Morgan fingerprint density at radius 3 is 2.41 bits per heavy atom. The highest BCUT2D eigenvalue weighted by Crippen LogP contribution is 2.43. The van der Waals surface area contributed by atoms with Gasteiger partial charge in [-0.05, 0) is 5.56 Å². The lowest BCUT2D eigenvalue weighted by atomic mass is 9.64. The van der Waals surface area contributed by atoms with E-state index in [1.54, 1.807) is 11.9 Å². The number of fused-ring (bicyclic) bond motifs is 1. The van der Waals surface area contributed by atoms with Crippen molar-refractivity contribution in [3.05, 3.63) is 35.9 Å². The van der Waals surface area contributed by atoms with E-state index in [-0.39, 0.29) is 29.8 Å². The van der Waals surface area contributed by atoms with Crippen LogP contribution in [0.15, 0.2) is 30.3 Å². The Hall–Kier alpha value is -2.12. The zero-order valence-electron chi connectivity index (χ0n) is 15.9. The summed E-state index contributed by atoms with van der Waals surface area (Å²) in [7, 11) is 1.72. The van der Waals surface area contributed by atoms with E-state index >= 15 is 0 Å². The van der Waals surface area contributed by atoms with Crippen molar-refractivity contribution in [2.24, 2.45) is 11.7 Å². The van der Waals surface area contributed by atoms with E-state index in [9.17, 15) is 9.59 Å². The third-order valence-electron chi connectivity index (χ3n) is 6.46. The van der Waals surface area contributed by atoms with Gasteiger partial charge in [-0.2, -0.15) is 0 Å². The Kier molecular flexibility index (Phi) is 4.82. The van der Waals surface area contributed by atoms with E-state index in [1.165, 1.54) is 5.56 Å². The molecule has 0 aliphatic carbocycles. The summed E-state index contributed by atoms with van der Waals surface area (Å²) in [6.45, 7) is 6.55. The number of carbonyl (C=O) groups is 2. The van der Waals surface area contributed by atoms with Gasteiger partial charge in [0.25, 0.3) is 0 Å². The number of carbonyl (C=O) groups excluding carboxylic acids is 2. The zero-order chi connectivity index (χ0) is 19.0. The minimum absolute atomic E-state index is 0.0917. The predicted octanol–water partition coefficient (Wildman–Crippen LogP) is 0.0708. The van der Waals surface area contributed by atoms with Gasteiger partial charge in [0.05, 0.1) is 0 Å². The first-order valence-corrected chi connectivity index (χ1v) is 9.78. The monoisotopic (exact) mass is 371 g/mol. The first-order valence-electron chi connectivity index (χ1n) is 9.78. The molecule has 2 unspecified atom stereocenters. The lowest BCUT2D eigenvalue weighted by Crippen LogP contribution is -2.71. The topological polar surface area (TPSA) is 81.9 Å². The molecule has 0 radical (unpaired) electrons. The number of amides is 3. The number of hydrogen-bond acceptors (Lipinski definition) is 4. The Labute approximate surface area is 160 Å². The summed E-state index contributed by atoms with van der Waals surface area (Å²) >= 11 is 0. The quantitative estimate of drug-likeness (QED) is 0.768. The Morgan fingerprint density at radius 1 is 1.19 bits per heavy atom. The van der Waals surface area contributed by atoms with Crippen LogP contribution in [0.3, 0.4) is 0 Å². The van der Waals surface area contributed by atoms with E-state index in [0.717, 1.165) is 39.3 Å². The van der Waals surface area contributed by atoms with Crippen molar-refractivity contribution >= 4 is 11.9 Å². The number of nitrogens with one attached hydrogen (secondary N) is 1. The van der Waals surface area contributed by atoms with Gasteiger partial charge in [-0.15, -0.1) is 0 Å². The zero-order valence-corrected chi connectivity index (χ0v) is 15.9. The lowest BCUT2D eigenvalue weighted by Gasteiger charge is -2.56. The molecule has 5 rings (SSSR count). The molecular formula is C20H29N5O2. The average Bonchev–Trinajstić information content (AvgIpc) is 2.91. The number of urea groups is 1. The summed E-state index contributed by atoms with van der Waals surface area (Å²) in [5.74, 6) is 0.0193. The largest absolute Gasteiger partial charge is 0.370 e. The fraction of sp³-hybridized carbons (Fsp3) is 0.600. The minimum Gasteiger partial charge on any atom is -0.370 e. The minimum atomic E-state index is -0.387. The molecule has 4 aliphatic heterocycles. The third kappa shape index (κ3) is 3.41. The maximum Gasteiger partial charge on any atom is 0.317 e. The molecule has 146 valence electrons. The number of nitrogens with two attached hydrogens (primary N) is 1. The highest BCUT2D eigenvalue weighted by molar-refractivity contribution is 5.77. The molecule has 3 amide bonds.